The van der Waals surface area contributed by atoms with Gasteiger partial charge in [-0.25, -0.2) is 18.2 Å². The standard InChI is InChI=1S/C19H20FN3O4S/c20-16-7-4-8-17(13-16)21-18(24)23-9-11-28(26,12-10-23)22-19(25)27-14-15-5-2-1-3-6-15/h1-8,13H,9-12,14H2,(H,21,24). The van der Waals surface area contributed by atoms with Gasteiger partial charge < -0.3 is 15.0 Å². The smallest absolute Gasteiger partial charge is 0.442 e. The number of halogens is 1. The molecule has 0 bridgehead atoms. The van der Waals surface area contributed by atoms with Gasteiger partial charge in [0, 0.05) is 18.8 Å². The molecule has 7 nitrogen and oxygen atoms in total. The van der Waals surface area contributed by atoms with Gasteiger partial charge >= 0.3 is 12.1 Å². The van der Waals surface area contributed by atoms with Crippen LogP contribution in [0.3, 0.4) is 0 Å². The zero-order valence-electron chi connectivity index (χ0n) is 15.0. The number of hydrogen-bond donors (Lipinski definition) is 1. The lowest BCUT2D eigenvalue weighted by molar-refractivity contribution is 0.151. The lowest BCUT2D eigenvalue weighted by Gasteiger charge is -2.28. The van der Waals surface area contributed by atoms with Gasteiger partial charge in [0.2, 0.25) is 0 Å². The van der Waals surface area contributed by atoms with E-state index in [2.05, 4.69) is 9.68 Å². The molecule has 0 unspecified atom stereocenters. The maximum absolute atomic E-state index is 13.2. The number of hydrogen-bond acceptors (Lipinski definition) is 4. The largest absolute Gasteiger partial charge is 0.443 e. The third kappa shape index (κ3) is 5.53. The van der Waals surface area contributed by atoms with E-state index in [9.17, 15) is 18.2 Å². The van der Waals surface area contributed by atoms with E-state index in [-0.39, 0.29) is 31.2 Å². The Morgan fingerprint density at radius 2 is 1.82 bits per heavy atom. The first kappa shape index (κ1) is 19.8. The molecule has 0 saturated carbocycles. The molecular weight excluding hydrogens is 385 g/mol. The molecule has 0 aliphatic carbocycles. The molecule has 0 spiro atoms. The van der Waals surface area contributed by atoms with Gasteiger partial charge in [0.25, 0.3) is 0 Å². The van der Waals surface area contributed by atoms with E-state index in [4.69, 9.17) is 4.74 Å². The van der Waals surface area contributed by atoms with Crippen molar-refractivity contribution in [3.63, 3.8) is 0 Å². The Balaban J connectivity index is 1.52. The Bertz CT molecular complexity index is 960. The van der Waals surface area contributed by atoms with Gasteiger partial charge in [0.15, 0.2) is 0 Å². The summed E-state index contributed by atoms with van der Waals surface area (Å²) in [6, 6.07) is 14.3. The van der Waals surface area contributed by atoms with E-state index < -0.39 is 27.7 Å². The van der Waals surface area contributed by atoms with Crippen molar-refractivity contribution >= 4 is 27.5 Å². The van der Waals surface area contributed by atoms with Crippen LogP contribution in [0.15, 0.2) is 59.0 Å². The van der Waals surface area contributed by atoms with Crippen LogP contribution in [0.2, 0.25) is 0 Å². The molecule has 2 aromatic rings. The van der Waals surface area contributed by atoms with Crippen molar-refractivity contribution in [2.24, 2.45) is 4.36 Å². The average Bonchev–Trinajstić information content (AvgIpc) is 2.67. The number of rotatable bonds is 3. The number of nitrogens with zero attached hydrogens (tertiary/aromatic N) is 2. The molecule has 28 heavy (non-hydrogen) atoms. The number of carbonyl (C=O) groups is 2. The molecule has 1 N–H and O–H groups in total. The number of ether oxygens (including phenoxy) is 1. The maximum Gasteiger partial charge on any atom is 0.442 e. The molecule has 3 rings (SSSR count). The summed E-state index contributed by atoms with van der Waals surface area (Å²) in [7, 11) is -2.77. The first-order chi connectivity index (χ1) is 13.4. The molecule has 1 heterocycles. The Morgan fingerprint density at radius 1 is 1.11 bits per heavy atom. The molecule has 0 atom stereocenters. The van der Waals surface area contributed by atoms with Crippen molar-refractivity contribution in [3.8, 4) is 0 Å². The summed E-state index contributed by atoms with van der Waals surface area (Å²) in [5, 5.41) is 2.59. The van der Waals surface area contributed by atoms with Crippen LogP contribution >= 0.6 is 0 Å². The Morgan fingerprint density at radius 3 is 2.50 bits per heavy atom. The van der Waals surface area contributed by atoms with E-state index in [1.165, 1.54) is 23.1 Å². The van der Waals surface area contributed by atoms with Crippen LogP contribution in [-0.2, 0) is 21.1 Å². The van der Waals surface area contributed by atoms with Crippen LogP contribution in [0.5, 0.6) is 0 Å². The van der Waals surface area contributed by atoms with Crippen LogP contribution < -0.4 is 5.32 Å². The van der Waals surface area contributed by atoms with Crippen LogP contribution in [0.4, 0.5) is 19.7 Å². The highest BCUT2D eigenvalue weighted by atomic mass is 32.2. The highest BCUT2D eigenvalue weighted by Gasteiger charge is 2.25. The van der Waals surface area contributed by atoms with Crippen molar-refractivity contribution < 1.29 is 22.9 Å². The van der Waals surface area contributed by atoms with Crippen LogP contribution in [0.25, 0.3) is 0 Å². The van der Waals surface area contributed by atoms with Crippen molar-refractivity contribution in [1.82, 2.24) is 4.90 Å². The second-order valence-electron chi connectivity index (χ2n) is 6.24. The van der Waals surface area contributed by atoms with Gasteiger partial charge in [-0.15, -0.1) is 4.36 Å². The molecule has 1 saturated heterocycles. The van der Waals surface area contributed by atoms with E-state index in [1.54, 1.807) is 6.07 Å². The number of carbonyl (C=O) groups excluding carboxylic acids is 2. The van der Waals surface area contributed by atoms with Gasteiger partial charge in [-0.1, -0.05) is 36.4 Å². The summed E-state index contributed by atoms with van der Waals surface area (Å²) >= 11 is 0. The molecule has 148 valence electrons. The number of anilines is 1. The fraction of sp³-hybridized carbons (Fsp3) is 0.263. The Kier molecular flexibility index (Phi) is 6.25. The Labute approximate surface area is 162 Å². The van der Waals surface area contributed by atoms with Gasteiger partial charge in [-0.05, 0) is 23.8 Å². The van der Waals surface area contributed by atoms with Crippen molar-refractivity contribution in [2.45, 2.75) is 6.61 Å². The Hall–Kier alpha value is -2.94. The molecule has 0 aromatic heterocycles. The molecule has 1 aliphatic rings. The van der Waals surface area contributed by atoms with Gasteiger partial charge in [0.05, 0.1) is 21.2 Å². The summed E-state index contributed by atoms with van der Waals surface area (Å²) in [4.78, 5) is 25.6. The second kappa shape index (κ2) is 8.83. The summed E-state index contributed by atoms with van der Waals surface area (Å²) < 4.78 is 34.7. The second-order valence-corrected chi connectivity index (χ2v) is 8.78. The summed E-state index contributed by atoms with van der Waals surface area (Å²) in [6.07, 6.45) is -0.869. The van der Waals surface area contributed by atoms with E-state index in [1.807, 2.05) is 30.3 Å². The van der Waals surface area contributed by atoms with Crippen LogP contribution in [0, 0.1) is 5.82 Å². The monoisotopic (exact) mass is 405 g/mol. The SMILES string of the molecule is O=C(N=S1(=O)CCN(C(=O)Nc2cccc(F)c2)CC1)OCc1ccccc1. The van der Waals surface area contributed by atoms with Gasteiger partial charge in [-0.2, -0.15) is 0 Å². The zero-order valence-corrected chi connectivity index (χ0v) is 15.9. The van der Waals surface area contributed by atoms with Gasteiger partial charge in [-0.3, -0.25) is 0 Å². The molecule has 9 heteroatoms. The predicted molar refractivity (Wildman–Crippen MR) is 104 cm³/mol. The molecule has 1 aliphatic heterocycles. The van der Waals surface area contributed by atoms with E-state index >= 15 is 0 Å². The molecular formula is C19H20FN3O4S. The van der Waals surface area contributed by atoms with Crippen molar-refractivity contribution in [2.75, 3.05) is 29.9 Å². The highest BCUT2D eigenvalue weighted by molar-refractivity contribution is 7.94. The molecule has 0 radical (unpaired) electrons. The first-order valence-electron chi connectivity index (χ1n) is 8.68. The third-order valence-corrected chi connectivity index (χ3v) is 6.29. The number of benzene rings is 2. The minimum absolute atomic E-state index is 0.0564. The van der Waals surface area contributed by atoms with E-state index in [0.29, 0.717) is 5.69 Å². The van der Waals surface area contributed by atoms with Crippen LogP contribution in [0.1, 0.15) is 5.56 Å². The predicted octanol–water partition coefficient (Wildman–Crippen LogP) is 3.48. The number of amides is 3. The highest BCUT2D eigenvalue weighted by Crippen LogP contribution is 2.13. The zero-order chi connectivity index (χ0) is 20.0. The molecule has 2 aromatic carbocycles. The minimum Gasteiger partial charge on any atom is -0.443 e. The molecule has 1 fully saturated rings. The lowest BCUT2D eigenvalue weighted by atomic mass is 10.2. The summed E-state index contributed by atoms with van der Waals surface area (Å²) in [5.41, 5.74) is 1.15. The van der Waals surface area contributed by atoms with Crippen molar-refractivity contribution in [1.29, 1.82) is 0 Å². The van der Waals surface area contributed by atoms with Crippen molar-refractivity contribution in [3.05, 3.63) is 66.0 Å². The van der Waals surface area contributed by atoms with Crippen LogP contribution in [-0.4, -0.2) is 45.8 Å². The number of nitrogens with one attached hydrogen (secondary N) is 1. The summed E-state index contributed by atoms with van der Waals surface area (Å²) in [5.74, 6) is -0.305. The number of urea groups is 1. The first-order valence-corrected chi connectivity index (χ1v) is 10.5. The van der Waals surface area contributed by atoms with Gasteiger partial charge in [0.1, 0.15) is 12.4 Å². The normalized spacial score (nSPS) is 15.5. The topological polar surface area (TPSA) is 88.1 Å². The maximum atomic E-state index is 13.2. The fourth-order valence-electron chi connectivity index (χ4n) is 2.66. The minimum atomic E-state index is -2.77. The molecule has 3 amide bonds. The quantitative estimate of drug-likeness (QED) is 0.847. The fourth-order valence-corrected chi connectivity index (χ4v) is 4.39. The summed E-state index contributed by atoms with van der Waals surface area (Å²) in [6.45, 7) is 0.408. The average molecular weight is 405 g/mol. The van der Waals surface area contributed by atoms with E-state index in [0.717, 1.165) is 5.56 Å². The lowest BCUT2D eigenvalue weighted by Crippen LogP contribution is -2.45. The third-order valence-electron chi connectivity index (χ3n) is 4.17.